The molecule has 1 heterocycles. The fraction of sp³-hybridized carbons (Fsp3) is 0.294. The maximum Gasteiger partial charge on any atom is 0.184 e. The SMILES string of the molecule is CCC(C#N)Oc1cccc(CNc2cccc(C)n2)c1. The van der Waals surface area contributed by atoms with Gasteiger partial charge < -0.3 is 10.1 Å². The third kappa shape index (κ3) is 4.50. The minimum absolute atomic E-state index is 0.397. The summed E-state index contributed by atoms with van der Waals surface area (Å²) in [5, 5.41) is 12.2. The van der Waals surface area contributed by atoms with Crippen molar-refractivity contribution < 1.29 is 4.74 Å². The van der Waals surface area contributed by atoms with E-state index in [1.165, 1.54) is 0 Å². The van der Waals surface area contributed by atoms with Gasteiger partial charge in [-0.05, 0) is 43.2 Å². The zero-order valence-electron chi connectivity index (χ0n) is 12.3. The summed E-state index contributed by atoms with van der Waals surface area (Å²) in [5.74, 6) is 1.57. The highest BCUT2D eigenvalue weighted by Gasteiger charge is 2.06. The molecule has 108 valence electrons. The second kappa shape index (κ2) is 7.30. The summed E-state index contributed by atoms with van der Waals surface area (Å²) in [6, 6.07) is 15.8. The molecule has 0 bridgehead atoms. The first kappa shape index (κ1) is 14.9. The highest BCUT2D eigenvalue weighted by Crippen LogP contribution is 2.17. The predicted molar refractivity (Wildman–Crippen MR) is 83.1 cm³/mol. The predicted octanol–water partition coefficient (Wildman–Crippen LogP) is 3.68. The van der Waals surface area contributed by atoms with E-state index in [0.29, 0.717) is 13.0 Å². The standard InChI is InChI=1S/C17H19N3O/c1-3-15(11-18)21-16-8-5-7-14(10-16)12-19-17-9-4-6-13(2)20-17/h4-10,15H,3,12H2,1-2H3,(H,19,20). The van der Waals surface area contributed by atoms with Gasteiger partial charge in [0, 0.05) is 12.2 Å². The Kier molecular flexibility index (Phi) is 5.16. The van der Waals surface area contributed by atoms with E-state index in [9.17, 15) is 0 Å². The maximum atomic E-state index is 8.94. The Labute approximate surface area is 125 Å². The van der Waals surface area contributed by atoms with E-state index in [2.05, 4.69) is 16.4 Å². The van der Waals surface area contributed by atoms with E-state index >= 15 is 0 Å². The number of pyridine rings is 1. The van der Waals surface area contributed by atoms with Gasteiger partial charge in [-0.1, -0.05) is 25.1 Å². The zero-order valence-corrected chi connectivity index (χ0v) is 12.3. The normalized spacial score (nSPS) is 11.5. The van der Waals surface area contributed by atoms with Crippen molar-refractivity contribution in [1.29, 1.82) is 5.26 Å². The molecule has 0 spiro atoms. The molecule has 4 heteroatoms. The summed E-state index contributed by atoms with van der Waals surface area (Å²) >= 11 is 0. The summed E-state index contributed by atoms with van der Waals surface area (Å²) in [5.41, 5.74) is 2.07. The van der Waals surface area contributed by atoms with Gasteiger partial charge in [0.1, 0.15) is 17.6 Å². The van der Waals surface area contributed by atoms with Gasteiger partial charge in [-0.3, -0.25) is 0 Å². The van der Waals surface area contributed by atoms with Crippen molar-refractivity contribution in [1.82, 2.24) is 4.98 Å². The molecule has 0 amide bonds. The van der Waals surface area contributed by atoms with E-state index in [4.69, 9.17) is 10.00 Å². The highest BCUT2D eigenvalue weighted by atomic mass is 16.5. The van der Waals surface area contributed by atoms with Gasteiger partial charge in [0.05, 0.1) is 0 Å². The van der Waals surface area contributed by atoms with Crippen LogP contribution in [0.1, 0.15) is 24.6 Å². The van der Waals surface area contributed by atoms with Gasteiger partial charge in [-0.15, -0.1) is 0 Å². The lowest BCUT2D eigenvalue weighted by Gasteiger charge is -2.12. The fourth-order valence-corrected chi connectivity index (χ4v) is 1.93. The van der Waals surface area contributed by atoms with Crippen LogP contribution >= 0.6 is 0 Å². The first-order valence-electron chi connectivity index (χ1n) is 7.04. The third-order valence-corrected chi connectivity index (χ3v) is 3.05. The van der Waals surface area contributed by atoms with E-state index in [-0.39, 0.29) is 0 Å². The van der Waals surface area contributed by atoms with Crippen LogP contribution in [0.2, 0.25) is 0 Å². The van der Waals surface area contributed by atoms with E-state index in [1.54, 1.807) is 0 Å². The van der Waals surface area contributed by atoms with Gasteiger partial charge in [-0.25, -0.2) is 4.98 Å². The number of benzene rings is 1. The Morgan fingerprint density at radius 1 is 1.29 bits per heavy atom. The molecule has 2 aromatic rings. The van der Waals surface area contributed by atoms with Gasteiger partial charge in [0.15, 0.2) is 6.10 Å². The topological polar surface area (TPSA) is 57.9 Å². The summed E-state index contributed by atoms with van der Waals surface area (Å²) in [6.45, 7) is 4.56. The molecule has 1 aromatic carbocycles. The van der Waals surface area contributed by atoms with Crippen molar-refractivity contribution in [2.75, 3.05) is 5.32 Å². The number of aryl methyl sites for hydroxylation is 1. The molecule has 1 aromatic heterocycles. The average Bonchev–Trinajstić information content (AvgIpc) is 2.51. The van der Waals surface area contributed by atoms with Crippen molar-refractivity contribution in [3.8, 4) is 11.8 Å². The molecule has 0 aliphatic carbocycles. The first-order chi connectivity index (χ1) is 10.2. The maximum absolute atomic E-state index is 8.94. The molecule has 1 N–H and O–H groups in total. The monoisotopic (exact) mass is 281 g/mol. The lowest BCUT2D eigenvalue weighted by Crippen LogP contribution is -2.12. The zero-order chi connectivity index (χ0) is 15.1. The number of hydrogen-bond acceptors (Lipinski definition) is 4. The van der Waals surface area contributed by atoms with Crippen LogP contribution in [0.5, 0.6) is 5.75 Å². The second-order valence-electron chi connectivity index (χ2n) is 4.81. The van der Waals surface area contributed by atoms with Gasteiger partial charge in [0.25, 0.3) is 0 Å². The number of aromatic nitrogens is 1. The molecule has 0 aliphatic heterocycles. The van der Waals surface area contributed by atoms with Crippen molar-refractivity contribution in [3.63, 3.8) is 0 Å². The number of ether oxygens (including phenoxy) is 1. The number of nitriles is 1. The average molecular weight is 281 g/mol. The van der Waals surface area contributed by atoms with Gasteiger partial charge >= 0.3 is 0 Å². The second-order valence-corrected chi connectivity index (χ2v) is 4.81. The Bertz CT molecular complexity index is 634. The Morgan fingerprint density at radius 3 is 2.81 bits per heavy atom. The quantitative estimate of drug-likeness (QED) is 0.877. The Hall–Kier alpha value is -2.54. The van der Waals surface area contributed by atoms with Crippen molar-refractivity contribution in [3.05, 3.63) is 53.7 Å². The minimum Gasteiger partial charge on any atom is -0.476 e. The Balaban J connectivity index is 1.99. The molecule has 0 fully saturated rings. The minimum atomic E-state index is -0.397. The molecule has 1 unspecified atom stereocenters. The number of nitrogens with one attached hydrogen (secondary N) is 1. The third-order valence-electron chi connectivity index (χ3n) is 3.05. The number of anilines is 1. The summed E-state index contributed by atoms with van der Waals surface area (Å²) in [7, 11) is 0. The number of hydrogen-bond donors (Lipinski definition) is 1. The molecular formula is C17H19N3O. The summed E-state index contributed by atoms with van der Waals surface area (Å²) in [4.78, 5) is 4.40. The first-order valence-corrected chi connectivity index (χ1v) is 7.04. The van der Waals surface area contributed by atoms with Crippen LogP contribution in [0.4, 0.5) is 5.82 Å². The lowest BCUT2D eigenvalue weighted by molar-refractivity contribution is 0.251. The fourth-order valence-electron chi connectivity index (χ4n) is 1.93. The summed E-state index contributed by atoms with van der Waals surface area (Å²) < 4.78 is 5.62. The van der Waals surface area contributed by atoms with Crippen LogP contribution in [-0.2, 0) is 6.54 Å². The smallest absolute Gasteiger partial charge is 0.184 e. The van der Waals surface area contributed by atoms with Crippen LogP contribution in [0, 0.1) is 18.3 Å². The molecule has 0 saturated carbocycles. The molecule has 2 rings (SSSR count). The van der Waals surface area contributed by atoms with E-state index < -0.39 is 6.10 Å². The molecule has 4 nitrogen and oxygen atoms in total. The van der Waals surface area contributed by atoms with Crippen molar-refractivity contribution in [2.24, 2.45) is 0 Å². The van der Waals surface area contributed by atoms with Crippen LogP contribution in [0.15, 0.2) is 42.5 Å². The number of nitrogens with zero attached hydrogens (tertiary/aromatic N) is 2. The van der Waals surface area contributed by atoms with Crippen LogP contribution in [0.25, 0.3) is 0 Å². The van der Waals surface area contributed by atoms with Crippen molar-refractivity contribution >= 4 is 5.82 Å². The van der Waals surface area contributed by atoms with Crippen LogP contribution in [0.3, 0.4) is 0 Å². The van der Waals surface area contributed by atoms with E-state index in [1.807, 2.05) is 56.3 Å². The van der Waals surface area contributed by atoms with Crippen LogP contribution < -0.4 is 10.1 Å². The number of rotatable bonds is 6. The lowest BCUT2D eigenvalue weighted by atomic mass is 10.2. The molecular weight excluding hydrogens is 262 g/mol. The van der Waals surface area contributed by atoms with Crippen LogP contribution in [-0.4, -0.2) is 11.1 Å². The van der Waals surface area contributed by atoms with Gasteiger partial charge in [-0.2, -0.15) is 5.26 Å². The molecule has 1 atom stereocenters. The molecule has 21 heavy (non-hydrogen) atoms. The van der Waals surface area contributed by atoms with E-state index in [0.717, 1.165) is 22.8 Å². The molecule has 0 saturated heterocycles. The highest BCUT2D eigenvalue weighted by molar-refractivity contribution is 5.37. The van der Waals surface area contributed by atoms with Crippen molar-refractivity contribution in [2.45, 2.75) is 32.9 Å². The molecule has 0 radical (unpaired) electrons. The summed E-state index contributed by atoms with van der Waals surface area (Å²) in [6.07, 6.45) is 0.276. The largest absolute Gasteiger partial charge is 0.476 e. The molecule has 0 aliphatic rings. The Morgan fingerprint density at radius 2 is 2.10 bits per heavy atom. The van der Waals surface area contributed by atoms with Gasteiger partial charge in [0.2, 0.25) is 0 Å².